The molecule has 0 spiro atoms. The Kier molecular flexibility index (Phi) is 4.61. The number of ketones is 1. The normalized spacial score (nSPS) is 10.7. The van der Waals surface area contributed by atoms with Crippen LogP contribution >= 0.6 is 0 Å². The zero-order chi connectivity index (χ0) is 16.9. The molecule has 1 heterocycles. The molecular formula is C19H16O5. The maximum Gasteiger partial charge on any atom is 0.303 e. The van der Waals surface area contributed by atoms with Gasteiger partial charge in [-0.3, -0.25) is 9.59 Å². The first kappa shape index (κ1) is 15.8. The Morgan fingerprint density at radius 2 is 1.79 bits per heavy atom. The Balaban J connectivity index is 1.90. The minimum Gasteiger partial charge on any atom is -0.493 e. The van der Waals surface area contributed by atoms with Crippen LogP contribution in [-0.2, 0) is 4.79 Å². The van der Waals surface area contributed by atoms with E-state index in [-0.39, 0.29) is 18.0 Å². The van der Waals surface area contributed by atoms with Gasteiger partial charge in [-0.05, 0) is 36.1 Å². The van der Waals surface area contributed by atoms with Crippen LogP contribution in [0.25, 0.3) is 10.8 Å². The SMILES string of the molecule is O=C(O)CCCOc1ccc(C(=O)c2ccco2)c2ccccc12. The van der Waals surface area contributed by atoms with Crippen LogP contribution in [-0.4, -0.2) is 23.5 Å². The Morgan fingerprint density at radius 3 is 2.50 bits per heavy atom. The van der Waals surface area contributed by atoms with Crippen molar-refractivity contribution in [2.45, 2.75) is 12.8 Å². The van der Waals surface area contributed by atoms with Crippen molar-refractivity contribution in [1.29, 1.82) is 0 Å². The first-order valence-corrected chi connectivity index (χ1v) is 7.61. The number of carboxylic acids is 1. The smallest absolute Gasteiger partial charge is 0.303 e. The summed E-state index contributed by atoms with van der Waals surface area (Å²) in [5, 5.41) is 10.3. The quantitative estimate of drug-likeness (QED) is 0.527. The molecule has 24 heavy (non-hydrogen) atoms. The second-order valence-electron chi connectivity index (χ2n) is 5.31. The second-order valence-corrected chi connectivity index (χ2v) is 5.31. The number of furan rings is 1. The number of hydrogen-bond acceptors (Lipinski definition) is 4. The van der Waals surface area contributed by atoms with E-state index in [9.17, 15) is 9.59 Å². The number of benzene rings is 2. The molecule has 1 N–H and O–H groups in total. The van der Waals surface area contributed by atoms with Crippen molar-refractivity contribution in [3.63, 3.8) is 0 Å². The van der Waals surface area contributed by atoms with E-state index in [4.69, 9.17) is 14.3 Å². The van der Waals surface area contributed by atoms with Crippen molar-refractivity contribution in [1.82, 2.24) is 0 Å². The van der Waals surface area contributed by atoms with Gasteiger partial charge in [-0.1, -0.05) is 24.3 Å². The standard InChI is InChI=1S/C19H16O5/c20-18(21)8-4-12-23-16-10-9-15(13-5-1-2-6-14(13)16)19(22)17-7-3-11-24-17/h1-3,5-7,9-11H,4,8,12H2,(H,20,21). The highest BCUT2D eigenvalue weighted by Crippen LogP contribution is 2.30. The first-order valence-electron chi connectivity index (χ1n) is 7.61. The molecule has 0 saturated heterocycles. The van der Waals surface area contributed by atoms with E-state index in [1.54, 1.807) is 24.3 Å². The Morgan fingerprint density at radius 1 is 1.00 bits per heavy atom. The van der Waals surface area contributed by atoms with Crippen LogP contribution in [0.15, 0.2) is 59.2 Å². The number of fused-ring (bicyclic) bond motifs is 1. The fourth-order valence-electron chi connectivity index (χ4n) is 2.54. The highest BCUT2D eigenvalue weighted by atomic mass is 16.5. The molecule has 2 aromatic carbocycles. The fraction of sp³-hybridized carbons (Fsp3) is 0.158. The zero-order valence-electron chi connectivity index (χ0n) is 12.9. The third-order valence-corrected chi connectivity index (χ3v) is 3.67. The molecule has 0 atom stereocenters. The van der Waals surface area contributed by atoms with Gasteiger partial charge in [0.25, 0.3) is 0 Å². The highest BCUT2D eigenvalue weighted by molar-refractivity contribution is 6.16. The third-order valence-electron chi connectivity index (χ3n) is 3.67. The van der Waals surface area contributed by atoms with Crippen LogP contribution in [0.5, 0.6) is 5.75 Å². The molecule has 5 nitrogen and oxygen atoms in total. The van der Waals surface area contributed by atoms with Crippen LogP contribution in [0.2, 0.25) is 0 Å². The lowest BCUT2D eigenvalue weighted by molar-refractivity contribution is -0.137. The lowest BCUT2D eigenvalue weighted by Gasteiger charge is -2.11. The van der Waals surface area contributed by atoms with Gasteiger partial charge in [0.15, 0.2) is 5.76 Å². The first-order chi connectivity index (χ1) is 11.7. The van der Waals surface area contributed by atoms with Gasteiger partial charge in [0.05, 0.1) is 12.9 Å². The van der Waals surface area contributed by atoms with E-state index in [1.165, 1.54) is 6.26 Å². The molecule has 5 heteroatoms. The van der Waals surface area contributed by atoms with Crippen molar-refractivity contribution >= 4 is 22.5 Å². The Labute approximate surface area is 138 Å². The van der Waals surface area contributed by atoms with Crippen LogP contribution in [0.4, 0.5) is 0 Å². The summed E-state index contributed by atoms with van der Waals surface area (Å²) < 4.78 is 10.9. The number of carbonyl (C=O) groups excluding carboxylic acids is 1. The lowest BCUT2D eigenvalue weighted by atomic mass is 9.99. The van der Waals surface area contributed by atoms with Gasteiger partial charge in [0.1, 0.15) is 5.75 Å². The molecule has 0 bridgehead atoms. The molecule has 0 saturated carbocycles. The summed E-state index contributed by atoms with van der Waals surface area (Å²) in [6.07, 6.45) is 1.96. The summed E-state index contributed by atoms with van der Waals surface area (Å²) in [6.45, 7) is 0.307. The van der Waals surface area contributed by atoms with Crippen molar-refractivity contribution in [3.8, 4) is 5.75 Å². The molecular weight excluding hydrogens is 308 g/mol. The molecule has 122 valence electrons. The van der Waals surface area contributed by atoms with Gasteiger partial charge in [0, 0.05) is 17.4 Å². The van der Waals surface area contributed by atoms with Gasteiger partial charge < -0.3 is 14.3 Å². The Hall–Kier alpha value is -3.08. The van der Waals surface area contributed by atoms with E-state index in [0.29, 0.717) is 24.3 Å². The minimum absolute atomic E-state index is 0.0625. The predicted octanol–water partition coefficient (Wildman–Crippen LogP) is 3.91. The summed E-state index contributed by atoms with van der Waals surface area (Å²) in [5.41, 5.74) is 0.540. The monoisotopic (exact) mass is 324 g/mol. The average molecular weight is 324 g/mol. The molecule has 1 aromatic heterocycles. The van der Waals surface area contributed by atoms with E-state index in [0.717, 1.165) is 10.8 Å². The molecule has 0 radical (unpaired) electrons. The number of carboxylic acid groups (broad SMARTS) is 1. The number of aliphatic carboxylic acids is 1. The third kappa shape index (κ3) is 3.30. The summed E-state index contributed by atoms with van der Waals surface area (Å²) >= 11 is 0. The minimum atomic E-state index is -0.845. The molecule has 0 aliphatic carbocycles. The van der Waals surface area contributed by atoms with E-state index < -0.39 is 5.97 Å². The van der Waals surface area contributed by atoms with Gasteiger partial charge >= 0.3 is 5.97 Å². The second kappa shape index (κ2) is 7.00. The molecule has 0 unspecified atom stereocenters. The molecule has 3 rings (SSSR count). The van der Waals surface area contributed by atoms with E-state index in [1.807, 2.05) is 24.3 Å². The van der Waals surface area contributed by atoms with Crippen LogP contribution in [0.1, 0.15) is 29.0 Å². The maximum atomic E-state index is 12.6. The highest BCUT2D eigenvalue weighted by Gasteiger charge is 2.16. The van der Waals surface area contributed by atoms with Crippen molar-refractivity contribution in [3.05, 3.63) is 66.1 Å². The summed E-state index contributed by atoms with van der Waals surface area (Å²) in [6, 6.07) is 14.2. The van der Waals surface area contributed by atoms with Gasteiger partial charge in [-0.2, -0.15) is 0 Å². The summed E-state index contributed by atoms with van der Waals surface area (Å²) in [4.78, 5) is 23.1. The Bertz CT molecular complexity index is 865. The number of ether oxygens (including phenoxy) is 1. The molecule has 0 aliphatic heterocycles. The van der Waals surface area contributed by atoms with Crippen molar-refractivity contribution in [2.75, 3.05) is 6.61 Å². The van der Waals surface area contributed by atoms with Crippen molar-refractivity contribution < 1.29 is 23.8 Å². The number of hydrogen-bond donors (Lipinski definition) is 1. The molecule has 0 fully saturated rings. The number of carbonyl (C=O) groups is 2. The average Bonchev–Trinajstić information content (AvgIpc) is 3.12. The van der Waals surface area contributed by atoms with Crippen LogP contribution in [0, 0.1) is 0 Å². The lowest BCUT2D eigenvalue weighted by Crippen LogP contribution is -2.04. The largest absolute Gasteiger partial charge is 0.493 e. The van der Waals surface area contributed by atoms with Crippen LogP contribution < -0.4 is 4.74 Å². The fourth-order valence-corrected chi connectivity index (χ4v) is 2.54. The summed E-state index contributed by atoms with van der Waals surface area (Å²) in [7, 11) is 0. The van der Waals surface area contributed by atoms with Crippen molar-refractivity contribution in [2.24, 2.45) is 0 Å². The topological polar surface area (TPSA) is 76.7 Å². The zero-order valence-corrected chi connectivity index (χ0v) is 12.9. The van der Waals surface area contributed by atoms with E-state index in [2.05, 4.69) is 0 Å². The summed E-state index contributed by atoms with van der Waals surface area (Å²) in [5.74, 6) is -0.112. The molecule has 0 amide bonds. The van der Waals surface area contributed by atoms with E-state index >= 15 is 0 Å². The van der Waals surface area contributed by atoms with Crippen LogP contribution in [0.3, 0.4) is 0 Å². The number of rotatable bonds is 7. The molecule has 3 aromatic rings. The van der Waals surface area contributed by atoms with Gasteiger partial charge in [0.2, 0.25) is 5.78 Å². The maximum absolute atomic E-state index is 12.6. The predicted molar refractivity (Wildman–Crippen MR) is 88.5 cm³/mol. The van der Waals surface area contributed by atoms with Gasteiger partial charge in [-0.15, -0.1) is 0 Å². The molecule has 0 aliphatic rings. The van der Waals surface area contributed by atoms with Gasteiger partial charge in [-0.25, -0.2) is 0 Å².